The molecule has 0 bridgehead atoms. The van der Waals surface area contributed by atoms with Gasteiger partial charge in [-0.1, -0.05) is 47.1 Å². The number of carbonyl (C=O) groups is 1. The number of aliphatic hydroxyl groups is 1. The lowest BCUT2D eigenvalue weighted by Crippen LogP contribution is -2.36. The zero-order valence-electron chi connectivity index (χ0n) is 13.3. The van der Waals surface area contributed by atoms with E-state index < -0.39 is 6.04 Å². The number of benzene rings is 2. The molecule has 2 rings (SSSR count). The Morgan fingerprint density at radius 1 is 1.26 bits per heavy atom. The Kier molecular flexibility index (Phi) is 6.19. The van der Waals surface area contributed by atoms with Crippen molar-refractivity contribution < 1.29 is 9.90 Å². The summed E-state index contributed by atoms with van der Waals surface area (Å²) in [7, 11) is 1.68. The van der Waals surface area contributed by atoms with Crippen LogP contribution < -0.4 is 5.32 Å². The normalized spacial score (nSPS) is 11.8. The van der Waals surface area contributed by atoms with Crippen molar-refractivity contribution >= 4 is 27.6 Å². The highest BCUT2D eigenvalue weighted by molar-refractivity contribution is 9.10. The van der Waals surface area contributed by atoms with E-state index in [0.29, 0.717) is 0 Å². The number of aryl methyl sites for hydroxylation is 1. The van der Waals surface area contributed by atoms with Crippen LogP contribution in [0.1, 0.15) is 24.1 Å². The van der Waals surface area contributed by atoms with Gasteiger partial charge in [0.05, 0.1) is 12.6 Å². The number of hydrogen-bond donors (Lipinski definition) is 2. The quantitative estimate of drug-likeness (QED) is 0.820. The Hall–Kier alpha value is -1.85. The minimum Gasteiger partial charge on any atom is -0.394 e. The molecule has 5 heteroatoms. The molecule has 1 atom stereocenters. The van der Waals surface area contributed by atoms with Gasteiger partial charge in [0.2, 0.25) is 0 Å². The first-order valence-electron chi connectivity index (χ1n) is 7.54. The average molecular weight is 377 g/mol. The molecular formula is C18H21BrN2O2. The monoisotopic (exact) mass is 376 g/mol. The number of hydrogen-bond acceptors (Lipinski definition) is 2. The first kappa shape index (κ1) is 17.5. The van der Waals surface area contributed by atoms with Crippen molar-refractivity contribution in [1.82, 2.24) is 4.90 Å². The summed E-state index contributed by atoms with van der Waals surface area (Å²) in [6.45, 7) is 1.93. The number of nitrogens with zero attached hydrogens (tertiary/aromatic N) is 1. The predicted octanol–water partition coefficient (Wildman–Crippen LogP) is 4.21. The van der Waals surface area contributed by atoms with Crippen LogP contribution in [0.15, 0.2) is 53.0 Å². The smallest absolute Gasteiger partial charge is 0.322 e. The minimum absolute atomic E-state index is 0.143. The third-order valence-electron chi connectivity index (χ3n) is 3.78. The lowest BCUT2D eigenvalue weighted by Gasteiger charge is -2.27. The third kappa shape index (κ3) is 4.56. The van der Waals surface area contributed by atoms with Crippen molar-refractivity contribution in [2.24, 2.45) is 0 Å². The van der Waals surface area contributed by atoms with Crippen LogP contribution in [0.3, 0.4) is 0 Å². The van der Waals surface area contributed by atoms with Crippen molar-refractivity contribution in [1.29, 1.82) is 0 Å². The van der Waals surface area contributed by atoms with Gasteiger partial charge in [0.25, 0.3) is 0 Å². The highest BCUT2D eigenvalue weighted by atomic mass is 79.9. The van der Waals surface area contributed by atoms with E-state index in [9.17, 15) is 9.90 Å². The predicted molar refractivity (Wildman–Crippen MR) is 96.6 cm³/mol. The van der Waals surface area contributed by atoms with Crippen molar-refractivity contribution in [2.45, 2.75) is 19.4 Å². The highest BCUT2D eigenvalue weighted by Crippen LogP contribution is 2.23. The summed E-state index contributed by atoms with van der Waals surface area (Å²) in [5, 5.41) is 12.6. The largest absolute Gasteiger partial charge is 0.394 e. The van der Waals surface area contributed by atoms with E-state index in [1.165, 1.54) is 4.90 Å². The van der Waals surface area contributed by atoms with Crippen LogP contribution in [0, 0.1) is 0 Å². The van der Waals surface area contributed by atoms with Crippen molar-refractivity contribution in [2.75, 3.05) is 19.0 Å². The van der Waals surface area contributed by atoms with Crippen LogP contribution in [-0.2, 0) is 6.42 Å². The summed E-state index contributed by atoms with van der Waals surface area (Å²) in [5.41, 5.74) is 2.80. The second-order valence-electron chi connectivity index (χ2n) is 5.35. The van der Waals surface area contributed by atoms with Crippen LogP contribution in [0.25, 0.3) is 0 Å². The Balaban J connectivity index is 2.13. The molecule has 0 heterocycles. The number of amides is 2. The van der Waals surface area contributed by atoms with Gasteiger partial charge in [-0.05, 0) is 41.8 Å². The number of rotatable bonds is 5. The minimum atomic E-state index is -0.401. The van der Waals surface area contributed by atoms with Crippen molar-refractivity contribution in [3.8, 4) is 0 Å². The Bertz CT molecular complexity index is 676. The number of likely N-dealkylation sites (N-methyl/N-ethyl adjacent to an activating group) is 1. The zero-order chi connectivity index (χ0) is 16.8. The number of anilines is 1. The van der Waals surface area contributed by atoms with Gasteiger partial charge in [0.15, 0.2) is 0 Å². The SMILES string of the molecule is CCc1cccc(NC(=O)N(C)[C@H](CO)c2cccc(Br)c2)c1. The number of urea groups is 1. The summed E-state index contributed by atoms with van der Waals surface area (Å²) in [4.78, 5) is 14.0. The topological polar surface area (TPSA) is 52.6 Å². The standard InChI is InChI=1S/C18H21BrN2O2/c1-3-13-6-4-9-16(10-13)20-18(23)21(2)17(12-22)14-7-5-8-15(19)11-14/h4-11,17,22H,3,12H2,1-2H3,(H,20,23)/t17-/m1/s1. The molecule has 4 nitrogen and oxygen atoms in total. The maximum atomic E-state index is 12.5. The molecule has 0 spiro atoms. The van der Waals surface area contributed by atoms with Crippen LogP contribution in [0.2, 0.25) is 0 Å². The fourth-order valence-corrected chi connectivity index (χ4v) is 2.80. The van der Waals surface area contributed by atoms with Crippen molar-refractivity contribution in [3.05, 3.63) is 64.1 Å². The molecule has 0 radical (unpaired) electrons. The lowest BCUT2D eigenvalue weighted by atomic mass is 10.1. The molecule has 2 aromatic carbocycles. The molecule has 0 aliphatic carbocycles. The Labute approximate surface area is 145 Å². The number of aliphatic hydroxyl groups excluding tert-OH is 1. The number of halogens is 1. The molecule has 0 aromatic heterocycles. The van der Waals surface area contributed by atoms with Crippen LogP contribution in [-0.4, -0.2) is 29.7 Å². The summed E-state index contributed by atoms with van der Waals surface area (Å²) >= 11 is 3.41. The molecule has 0 fully saturated rings. The zero-order valence-corrected chi connectivity index (χ0v) is 14.9. The van der Waals surface area contributed by atoms with E-state index in [1.54, 1.807) is 7.05 Å². The van der Waals surface area contributed by atoms with E-state index in [1.807, 2.05) is 48.5 Å². The fraction of sp³-hybridized carbons (Fsp3) is 0.278. The van der Waals surface area contributed by atoms with Crippen LogP contribution in [0.4, 0.5) is 10.5 Å². The molecule has 0 aliphatic rings. The van der Waals surface area contributed by atoms with E-state index in [-0.39, 0.29) is 12.6 Å². The van der Waals surface area contributed by atoms with Gasteiger partial charge in [-0.2, -0.15) is 0 Å². The fourth-order valence-electron chi connectivity index (χ4n) is 2.39. The average Bonchev–Trinajstić information content (AvgIpc) is 2.55. The van der Waals surface area contributed by atoms with Gasteiger partial charge >= 0.3 is 6.03 Å². The van der Waals surface area contributed by atoms with Gasteiger partial charge in [0, 0.05) is 17.2 Å². The number of nitrogens with one attached hydrogen (secondary N) is 1. The van der Waals surface area contributed by atoms with E-state index in [2.05, 4.69) is 28.2 Å². The Morgan fingerprint density at radius 3 is 2.65 bits per heavy atom. The van der Waals surface area contributed by atoms with E-state index >= 15 is 0 Å². The van der Waals surface area contributed by atoms with Gasteiger partial charge in [-0.15, -0.1) is 0 Å². The summed E-state index contributed by atoms with van der Waals surface area (Å²) < 4.78 is 0.915. The first-order chi connectivity index (χ1) is 11.0. The first-order valence-corrected chi connectivity index (χ1v) is 8.33. The molecule has 2 aromatic rings. The molecule has 0 saturated heterocycles. The van der Waals surface area contributed by atoms with Gasteiger partial charge in [0.1, 0.15) is 0 Å². The highest BCUT2D eigenvalue weighted by Gasteiger charge is 2.21. The Morgan fingerprint density at radius 2 is 2.00 bits per heavy atom. The van der Waals surface area contributed by atoms with E-state index in [0.717, 1.165) is 27.7 Å². The summed E-state index contributed by atoms with van der Waals surface area (Å²) in [5.74, 6) is 0. The molecule has 122 valence electrons. The second kappa shape index (κ2) is 8.13. The molecule has 2 N–H and O–H groups in total. The van der Waals surface area contributed by atoms with Crippen LogP contribution in [0.5, 0.6) is 0 Å². The maximum absolute atomic E-state index is 12.5. The molecule has 0 unspecified atom stereocenters. The molecular weight excluding hydrogens is 356 g/mol. The van der Waals surface area contributed by atoms with Crippen molar-refractivity contribution in [3.63, 3.8) is 0 Å². The third-order valence-corrected chi connectivity index (χ3v) is 4.27. The van der Waals surface area contributed by atoms with Gasteiger partial charge < -0.3 is 15.3 Å². The molecule has 0 aliphatic heterocycles. The van der Waals surface area contributed by atoms with E-state index in [4.69, 9.17) is 0 Å². The van der Waals surface area contributed by atoms with Crippen LogP contribution >= 0.6 is 15.9 Å². The summed E-state index contributed by atoms with van der Waals surface area (Å²) in [6.07, 6.45) is 0.914. The molecule has 23 heavy (non-hydrogen) atoms. The summed E-state index contributed by atoms with van der Waals surface area (Å²) in [6, 6.07) is 14.7. The van der Waals surface area contributed by atoms with Gasteiger partial charge in [-0.25, -0.2) is 4.79 Å². The molecule has 2 amide bonds. The number of carbonyl (C=O) groups excluding carboxylic acids is 1. The van der Waals surface area contributed by atoms with Gasteiger partial charge in [-0.3, -0.25) is 0 Å². The lowest BCUT2D eigenvalue weighted by molar-refractivity contribution is 0.159. The maximum Gasteiger partial charge on any atom is 0.322 e. The molecule has 0 saturated carbocycles. The second-order valence-corrected chi connectivity index (χ2v) is 6.26.